The van der Waals surface area contributed by atoms with E-state index in [-0.39, 0.29) is 20.2 Å². The van der Waals surface area contributed by atoms with Crippen molar-refractivity contribution in [3.05, 3.63) is 60.7 Å². The molecule has 0 unspecified atom stereocenters. The molecule has 1 aliphatic heterocycles. The molecular weight excluding hydrogens is 509 g/mol. The van der Waals surface area contributed by atoms with Crippen LogP contribution in [0.5, 0.6) is 0 Å². The number of nitrogens with zero attached hydrogens (tertiary/aromatic N) is 2. The molecule has 0 aliphatic carbocycles. The third-order valence-electron chi connectivity index (χ3n) is 7.30. The van der Waals surface area contributed by atoms with Crippen LogP contribution in [0.15, 0.2) is 70.6 Å². The molecule has 0 atom stereocenters. The Morgan fingerprint density at radius 1 is 0.444 bits per heavy atom. The predicted molar refractivity (Wildman–Crippen MR) is 173 cm³/mol. The Morgan fingerprint density at radius 3 is 0.917 bits per heavy atom. The monoisotopic (exact) mass is 554 g/mol. The Balaban J connectivity index is 2.48. The summed E-state index contributed by atoms with van der Waals surface area (Å²) in [6.45, 7) is 29.4. The summed E-state index contributed by atoms with van der Waals surface area (Å²) in [4.78, 5) is 11.1. The lowest BCUT2D eigenvalue weighted by molar-refractivity contribution is 0.647. The maximum Gasteiger partial charge on any atom is 0.195 e. The number of hydrogen-bond donors (Lipinski definition) is 0. The molecule has 2 nitrogen and oxygen atoms in total. The molecule has 0 amide bonds. The van der Waals surface area contributed by atoms with Gasteiger partial charge < -0.3 is 0 Å². The molecule has 196 valence electrons. The summed E-state index contributed by atoms with van der Waals surface area (Å²) < 4.78 is 2.81. The van der Waals surface area contributed by atoms with Gasteiger partial charge in [0.25, 0.3) is 0 Å². The van der Waals surface area contributed by atoms with Crippen molar-refractivity contribution < 1.29 is 0 Å². The largest absolute Gasteiger partial charge is 0.251 e. The molecule has 6 heteroatoms. The van der Waals surface area contributed by atoms with E-state index in [0.717, 1.165) is 11.4 Å². The summed E-state index contributed by atoms with van der Waals surface area (Å²) in [5, 5.41) is 0.350. The normalized spacial score (nSPS) is 21.1. The van der Waals surface area contributed by atoms with Crippen LogP contribution >= 0.6 is 22.4 Å². The van der Waals surface area contributed by atoms with Crippen LogP contribution in [0.1, 0.15) is 83.1 Å². The van der Waals surface area contributed by atoms with E-state index in [4.69, 9.17) is 9.98 Å². The summed E-state index contributed by atoms with van der Waals surface area (Å²) in [7, 11) is -4.66. The molecule has 0 bridgehead atoms. The summed E-state index contributed by atoms with van der Waals surface area (Å²) in [6.07, 6.45) is 0. The fourth-order valence-electron chi connectivity index (χ4n) is 6.11. The van der Waals surface area contributed by atoms with Crippen molar-refractivity contribution in [3.8, 4) is 0 Å². The summed E-state index contributed by atoms with van der Waals surface area (Å²) in [5.41, 5.74) is 2.14. The quantitative estimate of drug-likeness (QED) is 0.345. The van der Waals surface area contributed by atoms with Crippen LogP contribution in [0.2, 0.25) is 20.2 Å². The average molecular weight is 555 g/mol. The SMILES string of the molecule is CC(C)(C)[Si]1(C(C)(C)C)SC(=Nc2ccccc2)[Si](C(C)(C)C)(C(C)(C)C)SC1=Nc1ccccc1. The molecule has 0 spiro atoms. The second-order valence-corrected chi connectivity index (χ2v) is 30.5. The van der Waals surface area contributed by atoms with Gasteiger partial charge in [-0.3, -0.25) is 9.98 Å². The molecule has 3 rings (SSSR count). The molecule has 1 fully saturated rings. The van der Waals surface area contributed by atoms with E-state index in [0.29, 0.717) is 0 Å². The fraction of sp³-hybridized carbons (Fsp3) is 0.533. The Labute approximate surface area is 230 Å². The Morgan fingerprint density at radius 2 is 0.694 bits per heavy atom. The maximum atomic E-state index is 5.57. The maximum absolute atomic E-state index is 5.57. The first-order chi connectivity index (χ1) is 16.4. The lowest BCUT2D eigenvalue weighted by atomic mass is 10.2. The highest BCUT2D eigenvalue weighted by atomic mass is 32.4. The van der Waals surface area contributed by atoms with Gasteiger partial charge in [-0.2, -0.15) is 0 Å². The molecule has 0 saturated carbocycles. The second-order valence-electron chi connectivity index (χ2n) is 14.1. The number of aliphatic imine (C=N–C) groups is 2. The van der Waals surface area contributed by atoms with Crippen molar-refractivity contribution in [1.29, 1.82) is 0 Å². The zero-order chi connectivity index (χ0) is 27.2. The smallest absolute Gasteiger partial charge is 0.195 e. The first kappa shape index (κ1) is 29.5. The van der Waals surface area contributed by atoms with Gasteiger partial charge in [0.1, 0.15) is 0 Å². The van der Waals surface area contributed by atoms with Crippen molar-refractivity contribution in [3.63, 3.8) is 0 Å². The van der Waals surface area contributed by atoms with E-state index in [1.165, 1.54) is 9.33 Å². The van der Waals surface area contributed by atoms with Crippen molar-refractivity contribution in [2.45, 2.75) is 103 Å². The van der Waals surface area contributed by atoms with Gasteiger partial charge in [-0.1, -0.05) is 119 Å². The molecular formula is C30H46N2S2Si2. The minimum absolute atomic E-state index is 0.0876. The minimum atomic E-state index is -2.33. The zero-order valence-corrected chi connectivity index (χ0v) is 28.1. The lowest BCUT2D eigenvalue weighted by Gasteiger charge is -2.61. The Kier molecular flexibility index (Phi) is 8.11. The van der Waals surface area contributed by atoms with Gasteiger partial charge in [0.15, 0.2) is 14.4 Å². The molecule has 0 radical (unpaired) electrons. The van der Waals surface area contributed by atoms with Crippen molar-refractivity contribution in [1.82, 2.24) is 0 Å². The summed E-state index contributed by atoms with van der Waals surface area (Å²) >= 11 is 4.35. The van der Waals surface area contributed by atoms with Crippen LogP contribution in [-0.4, -0.2) is 23.8 Å². The fourth-order valence-corrected chi connectivity index (χ4v) is 35.7. The van der Waals surface area contributed by atoms with Crippen LogP contribution in [-0.2, 0) is 0 Å². The standard InChI is InChI=1S/C30H46N2S2Si2/c1-27(2,3)35(28(4,5)6)25(31-23-19-15-13-16-20-23)34-36(29(7,8)9,30(10,11)12)26(33-35)32-24-21-17-14-18-22-24/h13-22H,1-12H3. The number of para-hydroxylation sites is 2. The Hall–Kier alpha value is -1.09. The van der Waals surface area contributed by atoms with E-state index in [1.807, 2.05) is 0 Å². The second kappa shape index (κ2) is 9.90. The molecule has 2 aromatic rings. The van der Waals surface area contributed by atoms with Gasteiger partial charge in [-0.05, 0) is 44.4 Å². The Bertz CT molecular complexity index is 995. The predicted octanol–water partition coefficient (Wildman–Crippen LogP) is 11.1. The molecule has 1 heterocycles. The summed E-state index contributed by atoms with van der Waals surface area (Å²) in [5.74, 6) is 0. The van der Waals surface area contributed by atoms with Gasteiger partial charge >= 0.3 is 0 Å². The topological polar surface area (TPSA) is 24.7 Å². The van der Waals surface area contributed by atoms with Crippen LogP contribution in [0.4, 0.5) is 11.4 Å². The lowest BCUT2D eigenvalue weighted by Crippen LogP contribution is -2.67. The van der Waals surface area contributed by atoms with Crippen LogP contribution in [0, 0.1) is 0 Å². The van der Waals surface area contributed by atoms with Crippen LogP contribution in [0.25, 0.3) is 0 Å². The third-order valence-corrected chi connectivity index (χ3v) is 34.3. The van der Waals surface area contributed by atoms with Crippen molar-refractivity contribution in [2.24, 2.45) is 9.98 Å². The highest BCUT2D eigenvalue weighted by Gasteiger charge is 2.70. The molecule has 36 heavy (non-hydrogen) atoms. The minimum Gasteiger partial charge on any atom is -0.251 e. The molecule has 0 N–H and O–H groups in total. The van der Waals surface area contributed by atoms with Crippen molar-refractivity contribution >= 4 is 57.6 Å². The number of rotatable bonds is 2. The molecule has 1 saturated heterocycles. The first-order valence-corrected chi connectivity index (χ1v) is 20.1. The number of hydrogen-bond acceptors (Lipinski definition) is 4. The number of benzene rings is 2. The zero-order valence-electron chi connectivity index (χ0n) is 24.5. The molecule has 1 aliphatic rings. The highest BCUT2D eigenvalue weighted by Crippen LogP contribution is 2.70. The van der Waals surface area contributed by atoms with E-state index in [9.17, 15) is 0 Å². The van der Waals surface area contributed by atoms with Gasteiger partial charge in [0, 0.05) is 0 Å². The van der Waals surface area contributed by atoms with E-state index in [2.05, 4.69) is 166 Å². The highest BCUT2D eigenvalue weighted by molar-refractivity contribution is 8.62. The van der Waals surface area contributed by atoms with Crippen LogP contribution < -0.4 is 0 Å². The van der Waals surface area contributed by atoms with E-state index >= 15 is 0 Å². The third kappa shape index (κ3) is 5.12. The average Bonchev–Trinajstić information content (AvgIpc) is 2.72. The van der Waals surface area contributed by atoms with Gasteiger partial charge in [-0.15, -0.1) is 22.4 Å². The van der Waals surface area contributed by atoms with Gasteiger partial charge in [-0.25, -0.2) is 0 Å². The van der Waals surface area contributed by atoms with Crippen LogP contribution in [0.3, 0.4) is 0 Å². The van der Waals surface area contributed by atoms with Gasteiger partial charge in [0.05, 0.1) is 20.7 Å². The summed E-state index contributed by atoms with van der Waals surface area (Å²) in [6, 6.07) is 21.2. The van der Waals surface area contributed by atoms with E-state index < -0.39 is 14.4 Å². The van der Waals surface area contributed by atoms with Crippen molar-refractivity contribution in [2.75, 3.05) is 0 Å². The molecule has 2 aromatic carbocycles. The van der Waals surface area contributed by atoms with Gasteiger partial charge in [0.2, 0.25) is 0 Å². The first-order valence-electron chi connectivity index (χ1n) is 13.0. The molecule has 0 aromatic heterocycles. The van der Waals surface area contributed by atoms with E-state index in [1.54, 1.807) is 0 Å².